The van der Waals surface area contributed by atoms with Gasteiger partial charge in [0.15, 0.2) is 0 Å². The molecular weight excluding hydrogens is 322 g/mol. The third-order valence-corrected chi connectivity index (χ3v) is 5.22. The molecule has 0 saturated heterocycles. The minimum atomic E-state index is 0.214. The summed E-state index contributed by atoms with van der Waals surface area (Å²) in [7, 11) is 0. The van der Waals surface area contributed by atoms with Gasteiger partial charge >= 0.3 is 0 Å². The maximum Gasteiger partial charge on any atom is 0.222 e. The number of hydrogen-bond acceptors (Lipinski definition) is 4. The minimum absolute atomic E-state index is 0.214. The van der Waals surface area contributed by atoms with E-state index in [2.05, 4.69) is 56.6 Å². The molecule has 1 aliphatic rings. The second-order valence-electron chi connectivity index (χ2n) is 7.44. The SMILES string of the molecule is CCC(CC)Oc1nc(C)nc2c1CCCN2c1c(C)cc(C)cc1C. The Morgan fingerprint density at radius 2 is 1.69 bits per heavy atom. The minimum Gasteiger partial charge on any atom is -0.474 e. The van der Waals surface area contributed by atoms with Crippen LogP contribution in [-0.4, -0.2) is 22.6 Å². The Bertz CT molecular complexity index is 773. The van der Waals surface area contributed by atoms with Gasteiger partial charge in [-0.25, -0.2) is 4.98 Å². The lowest BCUT2D eigenvalue weighted by molar-refractivity contribution is 0.182. The first-order valence-corrected chi connectivity index (χ1v) is 9.84. The van der Waals surface area contributed by atoms with Crippen LogP contribution < -0.4 is 9.64 Å². The van der Waals surface area contributed by atoms with Crippen molar-refractivity contribution < 1.29 is 4.74 Å². The molecule has 0 spiro atoms. The fourth-order valence-corrected chi connectivity index (χ4v) is 4.04. The Kier molecular flexibility index (Phi) is 5.49. The largest absolute Gasteiger partial charge is 0.474 e. The Morgan fingerprint density at radius 1 is 1.04 bits per heavy atom. The van der Waals surface area contributed by atoms with Crippen molar-refractivity contribution in [3.63, 3.8) is 0 Å². The highest BCUT2D eigenvalue weighted by Crippen LogP contribution is 2.39. The van der Waals surface area contributed by atoms with Gasteiger partial charge in [-0.15, -0.1) is 0 Å². The van der Waals surface area contributed by atoms with Crippen LogP contribution in [0.1, 0.15) is 61.2 Å². The summed E-state index contributed by atoms with van der Waals surface area (Å²) in [4.78, 5) is 11.9. The molecule has 0 radical (unpaired) electrons. The summed E-state index contributed by atoms with van der Waals surface area (Å²) in [5, 5.41) is 0. The van der Waals surface area contributed by atoms with Gasteiger partial charge in [0, 0.05) is 12.2 Å². The monoisotopic (exact) mass is 353 g/mol. The van der Waals surface area contributed by atoms with E-state index in [4.69, 9.17) is 9.72 Å². The van der Waals surface area contributed by atoms with Gasteiger partial charge in [0.2, 0.25) is 5.88 Å². The van der Waals surface area contributed by atoms with Gasteiger partial charge in [-0.05, 0) is 64.5 Å². The predicted molar refractivity (Wildman–Crippen MR) is 108 cm³/mol. The maximum atomic E-state index is 6.28. The molecule has 0 fully saturated rings. The van der Waals surface area contributed by atoms with Crippen molar-refractivity contribution in [1.82, 2.24) is 9.97 Å². The molecule has 1 aromatic heterocycles. The van der Waals surface area contributed by atoms with Crippen LogP contribution in [0.3, 0.4) is 0 Å². The zero-order chi connectivity index (χ0) is 18.8. The van der Waals surface area contributed by atoms with Gasteiger partial charge in [0.1, 0.15) is 11.6 Å². The Hall–Kier alpha value is -2.10. The van der Waals surface area contributed by atoms with Crippen molar-refractivity contribution >= 4 is 11.5 Å². The van der Waals surface area contributed by atoms with Gasteiger partial charge in [-0.3, -0.25) is 0 Å². The summed E-state index contributed by atoms with van der Waals surface area (Å²) in [6.07, 6.45) is 4.27. The molecule has 0 saturated carbocycles. The molecule has 4 heteroatoms. The normalized spacial score (nSPS) is 13.9. The first-order chi connectivity index (χ1) is 12.4. The Morgan fingerprint density at radius 3 is 2.31 bits per heavy atom. The first-order valence-electron chi connectivity index (χ1n) is 9.84. The molecule has 2 heterocycles. The summed E-state index contributed by atoms with van der Waals surface area (Å²) < 4.78 is 6.28. The van der Waals surface area contributed by atoms with E-state index in [9.17, 15) is 0 Å². The van der Waals surface area contributed by atoms with Crippen molar-refractivity contribution in [2.45, 2.75) is 73.3 Å². The van der Waals surface area contributed by atoms with Crippen molar-refractivity contribution in [1.29, 1.82) is 0 Å². The average molecular weight is 354 g/mol. The van der Waals surface area contributed by atoms with Crippen LogP contribution in [0.2, 0.25) is 0 Å². The highest BCUT2D eigenvalue weighted by atomic mass is 16.5. The number of anilines is 2. The Labute approximate surface area is 157 Å². The molecule has 0 bridgehead atoms. The van der Waals surface area contributed by atoms with Crippen LogP contribution in [0.4, 0.5) is 11.5 Å². The number of aryl methyl sites for hydroxylation is 4. The van der Waals surface area contributed by atoms with E-state index in [1.807, 2.05) is 6.92 Å². The van der Waals surface area contributed by atoms with E-state index in [-0.39, 0.29) is 6.10 Å². The standard InChI is InChI=1S/C22H31N3O/c1-7-18(8-2)26-22-19-10-9-11-25(21(19)23-17(6)24-22)20-15(4)12-14(3)13-16(20)5/h12-13,18H,7-11H2,1-6H3. The molecule has 0 atom stereocenters. The molecule has 3 rings (SSSR count). The second kappa shape index (κ2) is 7.65. The molecule has 4 nitrogen and oxygen atoms in total. The van der Waals surface area contributed by atoms with Crippen molar-refractivity contribution in [2.75, 3.05) is 11.4 Å². The summed E-state index contributed by atoms with van der Waals surface area (Å²) >= 11 is 0. The van der Waals surface area contributed by atoms with Crippen LogP contribution in [0.25, 0.3) is 0 Å². The van der Waals surface area contributed by atoms with Crippen LogP contribution >= 0.6 is 0 Å². The number of nitrogens with zero attached hydrogens (tertiary/aromatic N) is 3. The molecule has 0 N–H and O–H groups in total. The lowest BCUT2D eigenvalue weighted by Gasteiger charge is -2.33. The topological polar surface area (TPSA) is 38.3 Å². The zero-order valence-electron chi connectivity index (χ0n) is 17.0. The molecule has 26 heavy (non-hydrogen) atoms. The number of rotatable bonds is 5. The van der Waals surface area contributed by atoms with E-state index in [0.29, 0.717) is 0 Å². The summed E-state index contributed by atoms with van der Waals surface area (Å²) in [6, 6.07) is 4.51. The van der Waals surface area contributed by atoms with Gasteiger partial charge in [-0.1, -0.05) is 31.5 Å². The predicted octanol–water partition coefficient (Wildman–Crippen LogP) is 5.36. The van der Waals surface area contributed by atoms with Crippen molar-refractivity contribution in [2.24, 2.45) is 0 Å². The molecule has 0 amide bonds. The van der Waals surface area contributed by atoms with Gasteiger partial charge < -0.3 is 9.64 Å². The van der Waals surface area contributed by atoms with Gasteiger partial charge in [0.05, 0.1) is 11.7 Å². The third-order valence-electron chi connectivity index (χ3n) is 5.22. The van der Waals surface area contributed by atoms with E-state index in [1.54, 1.807) is 0 Å². The lowest BCUT2D eigenvalue weighted by Crippen LogP contribution is -2.29. The Balaban J connectivity index is 2.09. The molecular formula is C22H31N3O. The van der Waals surface area contributed by atoms with E-state index in [1.165, 1.54) is 22.4 Å². The van der Waals surface area contributed by atoms with E-state index >= 15 is 0 Å². The second-order valence-corrected chi connectivity index (χ2v) is 7.44. The fraction of sp³-hybridized carbons (Fsp3) is 0.545. The van der Waals surface area contributed by atoms with Crippen LogP contribution in [0.5, 0.6) is 5.88 Å². The molecule has 2 aromatic rings. The molecule has 1 aliphatic heterocycles. The van der Waals surface area contributed by atoms with Crippen molar-refractivity contribution in [3.05, 3.63) is 40.2 Å². The fourth-order valence-electron chi connectivity index (χ4n) is 4.04. The number of aromatic nitrogens is 2. The highest BCUT2D eigenvalue weighted by Gasteiger charge is 2.27. The maximum absolute atomic E-state index is 6.28. The molecule has 0 unspecified atom stereocenters. The van der Waals surface area contributed by atoms with Crippen LogP contribution in [-0.2, 0) is 6.42 Å². The third kappa shape index (κ3) is 3.55. The van der Waals surface area contributed by atoms with Crippen LogP contribution in [0, 0.1) is 27.7 Å². The summed E-state index contributed by atoms with van der Waals surface area (Å²) in [5.41, 5.74) is 6.34. The highest BCUT2D eigenvalue weighted by molar-refractivity contribution is 5.71. The number of benzene rings is 1. The van der Waals surface area contributed by atoms with Crippen molar-refractivity contribution in [3.8, 4) is 5.88 Å². The van der Waals surface area contributed by atoms with Gasteiger partial charge in [0.25, 0.3) is 0 Å². The van der Waals surface area contributed by atoms with E-state index < -0.39 is 0 Å². The van der Waals surface area contributed by atoms with Crippen LogP contribution in [0.15, 0.2) is 12.1 Å². The lowest BCUT2D eigenvalue weighted by atomic mass is 10.00. The first kappa shape index (κ1) is 18.7. The average Bonchev–Trinajstić information content (AvgIpc) is 2.59. The summed E-state index contributed by atoms with van der Waals surface area (Å²) in [5.74, 6) is 2.59. The zero-order valence-corrected chi connectivity index (χ0v) is 17.0. The number of fused-ring (bicyclic) bond motifs is 1. The molecule has 0 aliphatic carbocycles. The van der Waals surface area contributed by atoms with E-state index in [0.717, 1.165) is 55.3 Å². The quantitative estimate of drug-likeness (QED) is 0.725. The molecule has 140 valence electrons. The number of hydrogen-bond donors (Lipinski definition) is 0. The molecule has 1 aromatic carbocycles. The summed E-state index contributed by atoms with van der Waals surface area (Å²) in [6.45, 7) is 13.8. The smallest absolute Gasteiger partial charge is 0.222 e. The van der Waals surface area contributed by atoms with Gasteiger partial charge in [-0.2, -0.15) is 4.98 Å². The number of ether oxygens (including phenoxy) is 1.